The second kappa shape index (κ2) is 9.62. The van der Waals surface area contributed by atoms with Gasteiger partial charge in [-0.1, -0.05) is 23.7 Å². The normalized spacial score (nSPS) is 19.3. The lowest BCUT2D eigenvalue weighted by molar-refractivity contribution is -0.159. The van der Waals surface area contributed by atoms with Crippen LogP contribution in [0.3, 0.4) is 0 Å². The van der Waals surface area contributed by atoms with Gasteiger partial charge in [-0.25, -0.2) is 9.97 Å². The molecule has 162 valence electrons. The highest BCUT2D eigenvalue weighted by Gasteiger charge is 2.43. The van der Waals surface area contributed by atoms with E-state index in [1.165, 1.54) is 0 Å². The molecule has 1 aliphatic heterocycles. The molecule has 1 atom stereocenters. The van der Waals surface area contributed by atoms with Crippen molar-refractivity contribution in [1.29, 1.82) is 0 Å². The predicted molar refractivity (Wildman–Crippen MR) is 120 cm³/mol. The summed E-state index contributed by atoms with van der Waals surface area (Å²) in [7, 11) is 0. The van der Waals surface area contributed by atoms with Crippen LogP contribution in [0.2, 0.25) is 5.02 Å². The number of aromatic nitrogens is 3. The van der Waals surface area contributed by atoms with Gasteiger partial charge >= 0.3 is 5.97 Å². The molecule has 0 bridgehead atoms. The third kappa shape index (κ3) is 4.97. The van der Waals surface area contributed by atoms with Crippen molar-refractivity contribution >= 4 is 17.6 Å². The second-order valence-corrected chi connectivity index (χ2v) is 8.48. The molecule has 31 heavy (non-hydrogen) atoms. The molecule has 2 aromatic heterocycles. The van der Waals surface area contributed by atoms with Gasteiger partial charge in [-0.2, -0.15) is 0 Å². The van der Waals surface area contributed by atoms with Gasteiger partial charge in [0.25, 0.3) is 0 Å². The quantitative estimate of drug-likeness (QED) is 0.514. The predicted octanol–water partition coefficient (Wildman–Crippen LogP) is 4.31. The summed E-state index contributed by atoms with van der Waals surface area (Å²) < 4.78 is 7.54. The van der Waals surface area contributed by atoms with E-state index < -0.39 is 5.41 Å². The molecular formula is C24H27ClN4O2. The molecule has 0 saturated carbocycles. The van der Waals surface area contributed by atoms with E-state index in [9.17, 15) is 4.79 Å². The summed E-state index contributed by atoms with van der Waals surface area (Å²) in [5.41, 5.74) is 1.57. The van der Waals surface area contributed by atoms with Gasteiger partial charge in [0.2, 0.25) is 5.95 Å². The Kier molecular flexibility index (Phi) is 6.68. The van der Waals surface area contributed by atoms with Crippen molar-refractivity contribution in [2.75, 3.05) is 19.7 Å². The number of likely N-dealkylation sites (tertiary alicyclic amines) is 1. The fraction of sp³-hybridized carbons (Fsp3) is 0.375. The van der Waals surface area contributed by atoms with Gasteiger partial charge in [0.1, 0.15) is 0 Å². The molecule has 1 aliphatic rings. The Morgan fingerprint density at radius 2 is 2.03 bits per heavy atom. The molecule has 7 heteroatoms. The highest BCUT2D eigenvalue weighted by Crippen LogP contribution is 2.36. The number of rotatable bonds is 7. The fourth-order valence-corrected chi connectivity index (χ4v) is 4.66. The van der Waals surface area contributed by atoms with Crippen LogP contribution in [0.1, 0.15) is 31.0 Å². The first-order valence-corrected chi connectivity index (χ1v) is 11.0. The summed E-state index contributed by atoms with van der Waals surface area (Å²) in [6, 6.07) is 13.6. The van der Waals surface area contributed by atoms with E-state index in [1.54, 1.807) is 18.5 Å². The first-order chi connectivity index (χ1) is 15.1. The van der Waals surface area contributed by atoms with E-state index in [2.05, 4.69) is 20.9 Å². The van der Waals surface area contributed by atoms with Gasteiger partial charge in [-0.15, -0.1) is 0 Å². The zero-order valence-electron chi connectivity index (χ0n) is 17.7. The van der Waals surface area contributed by atoms with Crippen LogP contribution in [0.4, 0.5) is 0 Å². The summed E-state index contributed by atoms with van der Waals surface area (Å²) in [4.78, 5) is 24.2. The van der Waals surface area contributed by atoms with Crippen molar-refractivity contribution in [3.63, 3.8) is 0 Å². The molecule has 0 spiro atoms. The maximum Gasteiger partial charge on any atom is 0.313 e. The third-order valence-electron chi connectivity index (χ3n) is 5.78. The van der Waals surface area contributed by atoms with Gasteiger partial charge < -0.3 is 4.74 Å². The number of ether oxygens (including phenoxy) is 1. The highest BCUT2D eigenvalue weighted by molar-refractivity contribution is 6.30. The van der Waals surface area contributed by atoms with Crippen LogP contribution < -0.4 is 0 Å². The Labute approximate surface area is 187 Å². The number of halogens is 1. The molecule has 0 N–H and O–H groups in total. The third-order valence-corrected chi connectivity index (χ3v) is 6.02. The zero-order chi connectivity index (χ0) is 21.7. The van der Waals surface area contributed by atoms with Crippen LogP contribution >= 0.6 is 11.6 Å². The van der Waals surface area contributed by atoms with Crippen molar-refractivity contribution in [2.24, 2.45) is 5.41 Å². The smallest absolute Gasteiger partial charge is 0.313 e. The molecule has 6 nitrogen and oxygen atoms in total. The van der Waals surface area contributed by atoms with Gasteiger partial charge in [0, 0.05) is 42.4 Å². The minimum atomic E-state index is -0.584. The van der Waals surface area contributed by atoms with E-state index >= 15 is 0 Å². The summed E-state index contributed by atoms with van der Waals surface area (Å²) in [5.74, 6) is 0.525. The lowest BCUT2D eigenvalue weighted by Crippen LogP contribution is -2.49. The van der Waals surface area contributed by atoms with Crippen LogP contribution in [0.5, 0.6) is 0 Å². The standard InChI is InChI=1S/C24H27ClN4O2/c1-2-31-22(30)24(16-19-7-3-8-20(25)15-19)10-5-13-28(18-24)17-21-9-4-14-29(21)23-26-11-6-12-27-23/h3-4,6-9,11-12,14-15H,2,5,10,13,16-18H2,1H3/t24-/m0/s1. The molecule has 0 unspecified atom stereocenters. The molecule has 3 aromatic rings. The summed E-state index contributed by atoms with van der Waals surface area (Å²) >= 11 is 6.21. The maximum absolute atomic E-state index is 13.1. The van der Waals surface area contributed by atoms with Gasteiger partial charge in [0.15, 0.2) is 0 Å². The van der Waals surface area contributed by atoms with E-state index in [4.69, 9.17) is 16.3 Å². The molecule has 1 aromatic carbocycles. The van der Waals surface area contributed by atoms with Gasteiger partial charge in [-0.05, 0) is 68.6 Å². The number of benzene rings is 1. The number of nitrogens with zero attached hydrogens (tertiary/aromatic N) is 4. The van der Waals surface area contributed by atoms with Crippen LogP contribution in [0, 0.1) is 5.41 Å². The first-order valence-electron chi connectivity index (χ1n) is 10.7. The average molecular weight is 439 g/mol. The van der Waals surface area contributed by atoms with Crippen LogP contribution in [0.15, 0.2) is 61.1 Å². The molecule has 0 amide bonds. The maximum atomic E-state index is 13.1. The number of carbonyl (C=O) groups excluding carboxylic acids is 1. The van der Waals surface area contributed by atoms with Crippen molar-refractivity contribution in [1.82, 2.24) is 19.4 Å². The molecular weight excluding hydrogens is 412 g/mol. The minimum absolute atomic E-state index is 0.124. The first kappa shape index (κ1) is 21.5. The largest absolute Gasteiger partial charge is 0.466 e. The van der Waals surface area contributed by atoms with E-state index in [0.29, 0.717) is 37.1 Å². The van der Waals surface area contributed by atoms with Gasteiger partial charge in [-0.3, -0.25) is 14.3 Å². The summed E-state index contributed by atoms with van der Waals surface area (Å²) in [5, 5.41) is 0.685. The Hall–Kier alpha value is -2.70. The number of piperidine rings is 1. The highest BCUT2D eigenvalue weighted by atomic mass is 35.5. The van der Waals surface area contributed by atoms with Crippen molar-refractivity contribution < 1.29 is 9.53 Å². The second-order valence-electron chi connectivity index (χ2n) is 8.04. The molecule has 3 heterocycles. The lowest BCUT2D eigenvalue weighted by atomic mass is 9.75. The average Bonchev–Trinajstić information content (AvgIpc) is 3.23. The van der Waals surface area contributed by atoms with Gasteiger partial charge in [0.05, 0.1) is 12.0 Å². The Morgan fingerprint density at radius 1 is 1.19 bits per heavy atom. The zero-order valence-corrected chi connectivity index (χ0v) is 18.5. The number of hydrogen-bond donors (Lipinski definition) is 0. The van der Waals surface area contributed by atoms with Crippen LogP contribution in [-0.2, 0) is 22.5 Å². The van der Waals surface area contributed by atoms with E-state index in [0.717, 1.165) is 30.6 Å². The molecule has 0 aliphatic carbocycles. The molecule has 0 radical (unpaired) electrons. The summed E-state index contributed by atoms with van der Waals surface area (Å²) in [6.45, 7) is 4.52. The topological polar surface area (TPSA) is 60.2 Å². The minimum Gasteiger partial charge on any atom is -0.466 e. The molecule has 1 saturated heterocycles. The van der Waals surface area contributed by atoms with Crippen LogP contribution in [0.25, 0.3) is 5.95 Å². The molecule has 1 fully saturated rings. The Balaban J connectivity index is 1.57. The number of esters is 1. The van der Waals surface area contributed by atoms with E-state index in [-0.39, 0.29) is 5.97 Å². The Bertz CT molecular complexity index is 1020. The fourth-order valence-electron chi connectivity index (χ4n) is 4.45. The number of hydrogen-bond acceptors (Lipinski definition) is 5. The van der Waals surface area contributed by atoms with Crippen molar-refractivity contribution in [3.8, 4) is 5.95 Å². The SMILES string of the molecule is CCOC(=O)[C@]1(Cc2cccc(Cl)c2)CCCN(Cc2cccn2-c2ncccn2)C1. The lowest BCUT2D eigenvalue weighted by Gasteiger charge is -2.41. The Morgan fingerprint density at radius 3 is 2.81 bits per heavy atom. The van der Waals surface area contributed by atoms with E-state index in [1.807, 2.05) is 48.0 Å². The summed E-state index contributed by atoms with van der Waals surface area (Å²) in [6.07, 6.45) is 7.80. The van der Waals surface area contributed by atoms with Crippen molar-refractivity contribution in [3.05, 3.63) is 77.3 Å². The van der Waals surface area contributed by atoms with Crippen LogP contribution in [-0.4, -0.2) is 45.1 Å². The monoisotopic (exact) mass is 438 g/mol. The number of carbonyl (C=O) groups is 1. The van der Waals surface area contributed by atoms with Crippen molar-refractivity contribution in [2.45, 2.75) is 32.7 Å². The molecule has 4 rings (SSSR count).